The Morgan fingerprint density at radius 2 is 2.00 bits per heavy atom. The van der Waals surface area contributed by atoms with Crippen molar-refractivity contribution in [2.24, 2.45) is 5.73 Å². The van der Waals surface area contributed by atoms with Crippen molar-refractivity contribution in [2.75, 3.05) is 6.54 Å². The first-order valence-corrected chi connectivity index (χ1v) is 7.33. The monoisotopic (exact) mass is 260 g/mol. The summed E-state index contributed by atoms with van der Waals surface area (Å²) in [4.78, 5) is 6.15. The molecule has 0 radical (unpaired) electrons. The minimum absolute atomic E-state index is 0.531. The third-order valence-corrected chi connectivity index (χ3v) is 4.51. The summed E-state index contributed by atoms with van der Waals surface area (Å²) in [5, 5.41) is 1.24. The van der Waals surface area contributed by atoms with E-state index in [1.54, 1.807) is 0 Å². The Bertz CT molecular complexity index is 490. The van der Waals surface area contributed by atoms with Crippen molar-refractivity contribution in [3.63, 3.8) is 0 Å². The van der Waals surface area contributed by atoms with Gasteiger partial charge in [-0.1, -0.05) is 44.2 Å². The van der Waals surface area contributed by atoms with Crippen LogP contribution in [0.15, 0.2) is 30.3 Å². The fourth-order valence-corrected chi connectivity index (χ4v) is 3.11. The summed E-state index contributed by atoms with van der Waals surface area (Å²) in [6, 6.07) is 10.4. The molecule has 1 unspecified atom stereocenters. The van der Waals surface area contributed by atoms with Gasteiger partial charge in [0.25, 0.3) is 0 Å². The Labute approximate surface area is 113 Å². The highest BCUT2D eigenvalue weighted by Crippen LogP contribution is 2.33. The zero-order chi connectivity index (χ0) is 13.0. The van der Waals surface area contributed by atoms with Crippen LogP contribution in [0.4, 0.5) is 0 Å². The third kappa shape index (κ3) is 2.79. The van der Waals surface area contributed by atoms with Crippen LogP contribution in [0.5, 0.6) is 0 Å². The van der Waals surface area contributed by atoms with E-state index in [4.69, 9.17) is 10.7 Å². The molecular weight excluding hydrogens is 240 g/mol. The Balaban J connectivity index is 2.41. The van der Waals surface area contributed by atoms with Gasteiger partial charge in [-0.25, -0.2) is 4.98 Å². The van der Waals surface area contributed by atoms with E-state index in [1.807, 2.05) is 17.4 Å². The van der Waals surface area contributed by atoms with Gasteiger partial charge in [-0.2, -0.15) is 0 Å². The van der Waals surface area contributed by atoms with Gasteiger partial charge in [0.05, 0.1) is 10.7 Å². The van der Waals surface area contributed by atoms with E-state index in [1.165, 1.54) is 15.4 Å². The zero-order valence-corrected chi connectivity index (χ0v) is 11.8. The Morgan fingerprint density at radius 1 is 1.28 bits per heavy atom. The van der Waals surface area contributed by atoms with E-state index in [0.29, 0.717) is 12.5 Å². The molecule has 0 aliphatic carbocycles. The largest absolute Gasteiger partial charge is 0.330 e. The first-order valence-electron chi connectivity index (χ1n) is 6.51. The lowest BCUT2D eigenvalue weighted by atomic mass is 10.1. The molecule has 96 valence electrons. The predicted octanol–water partition coefficient (Wildman–Crippen LogP) is 3.82. The van der Waals surface area contributed by atoms with Crippen LogP contribution in [0.25, 0.3) is 11.3 Å². The summed E-state index contributed by atoms with van der Waals surface area (Å²) in [5.41, 5.74) is 8.03. The Morgan fingerprint density at radius 3 is 2.61 bits per heavy atom. The van der Waals surface area contributed by atoms with Crippen LogP contribution in [-0.4, -0.2) is 11.5 Å². The third-order valence-electron chi connectivity index (χ3n) is 3.17. The molecule has 0 fully saturated rings. The lowest BCUT2D eigenvalue weighted by molar-refractivity contribution is 0.727. The molecule has 2 aromatic rings. The maximum Gasteiger partial charge on any atom is 0.0963 e. The van der Waals surface area contributed by atoms with Crippen LogP contribution in [-0.2, 0) is 6.42 Å². The summed E-state index contributed by atoms with van der Waals surface area (Å²) in [6.45, 7) is 5.12. The highest BCUT2D eigenvalue weighted by molar-refractivity contribution is 7.12. The van der Waals surface area contributed by atoms with Crippen molar-refractivity contribution in [1.82, 2.24) is 4.98 Å². The molecule has 0 saturated carbocycles. The highest BCUT2D eigenvalue weighted by atomic mass is 32.1. The second-order valence-electron chi connectivity index (χ2n) is 4.54. The molecule has 18 heavy (non-hydrogen) atoms. The number of thiazole rings is 1. The Hall–Kier alpha value is -1.19. The molecule has 0 aliphatic heterocycles. The van der Waals surface area contributed by atoms with Gasteiger partial charge in [-0.3, -0.25) is 0 Å². The van der Waals surface area contributed by atoms with Crippen LogP contribution in [0.2, 0.25) is 0 Å². The van der Waals surface area contributed by atoms with Gasteiger partial charge in [0, 0.05) is 16.4 Å². The van der Waals surface area contributed by atoms with E-state index in [0.717, 1.165) is 18.5 Å². The standard InChI is InChI=1S/C15H20N2S/c1-3-11(2)15-17-14(13(18-15)9-10-16)12-7-5-4-6-8-12/h4-8,11H,3,9-10,16H2,1-2H3. The summed E-state index contributed by atoms with van der Waals surface area (Å²) in [7, 11) is 0. The molecule has 2 rings (SSSR count). The molecule has 1 aromatic heterocycles. The molecular formula is C15H20N2S. The maximum atomic E-state index is 5.70. The number of nitrogens with zero attached hydrogens (tertiary/aromatic N) is 1. The van der Waals surface area contributed by atoms with E-state index in [-0.39, 0.29) is 0 Å². The van der Waals surface area contributed by atoms with Crippen LogP contribution in [0.3, 0.4) is 0 Å². The van der Waals surface area contributed by atoms with Gasteiger partial charge >= 0.3 is 0 Å². The van der Waals surface area contributed by atoms with Crippen molar-refractivity contribution in [2.45, 2.75) is 32.6 Å². The minimum atomic E-state index is 0.531. The van der Waals surface area contributed by atoms with Crippen LogP contribution < -0.4 is 5.73 Å². The smallest absolute Gasteiger partial charge is 0.0963 e. The summed E-state index contributed by atoms with van der Waals surface area (Å²) in [6.07, 6.45) is 2.04. The van der Waals surface area contributed by atoms with Crippen molar-refractivity contribution in [1.29, 1.82) is 0 Å². The van der Waals surface area contributed by atoms with Crippen LogP contribution in [0, 0.1) is 0 Å². The number of hydrogen-bond acceptors (Lipinski definition) is 3. The summed E-state index contributed by atoms with van der Waals surface area (Å²) < 4.78 is 0. The molecule has 1 aromatic carbocycles. The molecule has 3 heteroatoms. The molecule has 0 bridgehead atoms. The van der Waals surface area contributed by atoms with E-state index in [9.17, 15) is 0 Å². The first kappa shape index (κ1) is 13.2. The number of nitrogens with two attached hydrogens (primary N) is 1. The fourth-order valence-electron chi connectivity index (χ4n) is 1.88. The average molecular weight is 260 g/mol. The molecule has 0 amide bonds. The molecule has 0 saturated heterocycles. The SMILES string of the molecule is CCC(C)c1nc(-c2ccccc2)c(CCN)s1. The van der Waals surface area contributed by atoms with E-state index in [2.05, 4.69) is 38.1 Å². The van der Waals surface area contributed by atoms with Crippen molar-refractivity contribution in [3.8, 4) is 11.3 Å². The summed E-state index contributed by atoms with van der Waals surface area (Å²) >= 11 is 1.82. The van der Waals surface area contributed by atoms with Crippen LogP contribution >= 0.6 is 11.3 Å². The fraction of sp³-hybridized carbons (Fsp3) is 0.400. The average Bonchev–Trinajstić information content (AvgIpc) is 2.83. The number of aromatic nitrogens is 1. The maximum absolute atomic E-state index is 5.70. The second kappa shape index (κ2) is 6.12. The number of hydrogen-bond donors (Lipinski definition) is 1. The quantitative estimate of drug-likeness (QED) is 0.887. The van der Waals surface area contributed by atoms with Crippen LogP contribution in [0.1, 0.15) is 36.1 Å². The van der Waals surface area contributed by atoms with Crippen molar-refractivity contribution >= 4 is 11.3 Å². The van der Waals surface area contributed by atoms with Gasteiger partial charge in [0.1, 0.15) is 0 Å². The van der Waals surface area contributed by atoms with Gasteiger partial charge < -0.3 is 5.73 Å². The van der Waals surface area contributed by atoms with E-state index >= 15 is 0 Å². The van der Waals surface area contributed by atoms with Crippen molar-refractivity contribution in [3.05, 3.63) is 40.2 Å². The lowest BCUT2D eigenvalue weighted by Gasteiger charge is -2.02. The highest BCUT2D eigenvalue weighted by Gasteiger charge is 2.15. The number of benzene rings is 1. The van der Waals surface area contributed by atoms with E-state index < -0.39 is 0 Å². The molecule has 2 nitrogen and oxygen atoms in total. The van der Waals surface area contributed by atoms with Gasteiger partial charge in [0.2, 0.25) is 0 Å². The molecule has 1 atom stereocenters. The topological polar surface area (TPSA) is 38.9 Å². The molecule has 1 heterocycles. The first-order chi connectivity index (χ1) is 8.76. The summed E-state index contributed by atoms with van der Waals surface area (Å²) in [5.74, 6) is 0.531. The van der Waals surface area contributed by atoms with Crippen molar-refractivity contribution < 1.29 is 0 Å². The number of rotatable bonds is 5. The predicted molar refractivity (Wildman–Crippen MR) is 79.0 cm³/mol. The molecule has 0 aliphatic rings. The van der Waals surface area contributed by atoms with Gasteiger partial charge in [-0.05, 0) is 19.4 Å². The molecule has 2 N–H and O–H groups in total. The minimum Gasteiger partial charge on any atom is -0.330 e. The lowest BCUT2D eigenvalue weighted by Crippen LogP contribution is -2.02. The zero-order valence-electron chi connectivity index (χ0n) is 11.0. The Kier molecular flexibility index (Phi) is 4.50. The van der Waals surface area contributed by atoms with Gasteiger partial charge in [0.15, 0.2) is 0 Å². The second-order valence-corrected chi connectivity index (χ2v) is 5.65. The van der Waals surface area contributed by atoms with Gasteiger partial charge in [-0.15, -0.1) is 11.3 Å². The normalized spacial score (nSPS) is 12.6. The molecule has 0 spiro atoms.